The molecule has 1 heterocycles. The summed E-state index contributed by atoms with van der Waals surface area (Å²) in [5.74, 6) is 0. The molecule has 0 spiro atoms. The topological polar surface area (TPSA) is 6.48 Å². The SMILES string of the molecule is c1ccc(-c2ccc(N(c3ccc(-c4ccccc4)cc3)c3cccc(-c4cccc(N(c5ccc(-c6ccccc6)cc5)c5cccc6c5sc5ccccc56)c4)c3)cc2)cc1. The quantitative estimate of drug-likeness (QED) is 0.136. The minimum Gasteiger partial charge on any atom is -0.310 e. The van der Waals surface area contributed by atoms with Crippen LogP contribution in [0.3, 0.4) is 0 Å². The zero-order chi connectivity index (χ0) is 42.0. The van der Waals surface area contributed by atoms with Crippen LogP contribution in [-0.2, 0) is 0 Å². The minimum atomic E-state index is 1.08. The standard InChI is InChI=1S/C60H42N2S/c1-4-15-43(16-5-1)46-29-35-51(36-30-46)61(52-37-31-47(32-38-52)44-17-6-2-7-18-44)54-23-12-21-49(41-54)50-22-13-24-55(42-50)62(53-39-33-48(34-40-53)45-19-8-3-9-20-45)58-27-14-26-57-56-25-10-11-28-59(56)63-60(57)58/h1-42H. The van der Waals surface area contributed by atoms with Crippen LogP contribution in [0.1, 0.15) is 0 Å². The van der Waals surface area contributed by atoms with Crippen molar-refractivity contribution in [2.75, 3.05) is 9.80 Å². The first-order valence-electron chi connectivity index (χ1n) is 21.4. The molecule has 11 rings (SSSR count). The van der Waals surface area contributed by atoms with Gasteiger partial charge in [0.2, 0.25) is 0 Å². The molecule has 0 bridgehead atoms. The van der Waals surface area contributed by atoms with Gasteiger partial charge in [-0.25, -0.2) is 0 Å². The summed E-state index contributed by atoms with van der Waals surface area (Å²) in [5, 5.41) is 2.56. The van der Waals surface area contributed by atoms with Crippen LogP contribution in [0.5, 0.6) is 0 Å². The van der Waals surface area contributed by atoms with Crippen molar-refractivity contribution >= 4 is 65.6 Å². The van der Waals surface area contributed by atoms with Crippen LogP contribution in [0, 0.1) is 0 Å². The summed E-state index contributed by atoms with van der Waals surface area (Å²) < 4.78 is 2.56. The lowest BCUT2D eigenvalue weighted by molar-refractivity contribution is 1.28. The summed E-state index contributed by atoms with van der Waals surface area (Å²) >= 11 is 1.86. The molecule has 11 aromatic rings. The monoisotopic (exact) mass is 822 g/mol. The fourth-order valence-corrected chi connectivity index (χ4v) is 9.94. The molecule has 1 aromatic heterocycles. The number of thiophene rings is 1. The Morgan fingerprint density at radius 2 is 0.603 bits per heavy atom. The first-order valence-corrected chi connectivity index (χ1v) is 22.2. The Bertz CT molecular complexity index is 3220. The molecule has 10 aromatic carbocycles. The van der Waals surface area contributed by atoms with Crippen LogP contribution in [0.25, 0.3) is 64.7 Å². The van der Waals surface area contributed by atoms with Gasteiger partial charge in [0, 0.05) is 43.9 Å². The van der Waals surface area contributed by atoms with Gasteiger partial charge in [-0.05, 0) is 117 Å². The van der Waals surface area contributed by atoms with E-state index < -0.39 is 0 Å². The number of nitrogens with zero attached hydrogens (tertiary/aromatic N) is 2. The van der Waals surface area contributed by atoms with Gasteiger partial charge in [0.15, 0.2) is 0 Å². The van der Waals surface area contributed by atoms with Crippen molar-refractivity contribution in [2.24, 2.45) is 0 Å². The lowest BCUT2D eigenvalue weighted by Crippen LogP contribution is -2.10. The molecular weight excluding hydrogens is 781 g/mol. The van der Waals surface area contributed by atoms with E-state index in [1.54, 1.807) is 0 Å². The fraction of sp³-hybridized carbons (Fsp3) is 0. The zero-order valence-corrected chi connectivity index (χ0v) is 35.4. The molecule has 0 radical (unpaired) electrons. The largest absolute Gasteiger partial charge is 0.310 e. The van der Waals surface area contributed by atoms with Crippen molar-refractivity contribution in [3.8, 4) is 44.5 Å². The first kappa shape index (κ1) is 38.0. The van der Waals surface area contributed by atoms with E-state index in [1.165, 1.54) is 53.6 Å². The van der Waals surface area contributed by atoms with E-state index in [4.69, 9.17) is 0 Å². The molecule has 0 aliphatic carbocycles. The molecule has 2 nitrogen and oxygen atoms in total. The second kappa shape index (κ2) is 16.8. The van der Waals surface area contributed by atoms with Gasteiger partial charge in [-0.15, -0.1) is 11.3 Å². The summed E-state index contributed by atoms with van der Waals surface area (Å²) in [7, 11) is 0. The zero-order valence-electron chi connectivity index (χ0n) is 34.6. The smallest absolute Gasteiger partial charge is 0.0640 e. The maximum Gasteiger partial charge on any atom is 0.0640 e. The van der Waals surface area contributed by atoms with E-state index in [9.17, 15) is 0 Å². The molecule has 0 aliphatic heterocycles. The molecule has 0 atom stereocenters. The molecule has 0 unspecified atom stereocenters. The Kier molecular flexibility index (Phi) is 10.1. The summed E-state index contributed by atoms with van der Waals surface area (Å²) in [6.45, 7) is 0. The van der Waals surface area contributed by atoms with Crippen LogP contribution >= 0.6 is 11.3 Å². The molecule has 3 heteroatoms. The number of hydrogen-bond acceptors (Lipinski definition) is 3. The highest BCUT2D eigenvalue weighted by atomic mass is 32.1. The Labute approximate surface area is 372 Å². The molecule has 0 N–H and O–H groups in total. The maximum atomic E-state index is 2.43. The van der Waals surface area contributed by atoms with Gasteiger partial charge in [-0.2, -0.15) is 0 Å². The van der Waals surface area contributed by atoms with E-state index in [-0.39, 0.29) is 0 Å². The van der Waals surface area contributed by atoms with Gasteiger partial charge in [0.05, 0.1) is 10.4 Å². The van der Waals surface area contributed by atoms with E-state index in [0.717, 1.165) is 45.3 Å². The van der Waals surface area contributed by atoms with Crippen molar-refractivity contribution in [2.45, 2.75) is 0 Å². The normalized spacial score (nSPS) is 11.2. The first-order chi connectivity index (χ1) is 31.2. The van der Waals surface area contributed by atoms with E-state index in [0.29, 0.717) is 0 Å². The predicted molar refractivity (Wildman–Crippen MR) is 270 cm³/mol. The third-order valence-corrected chi connectivity index (χ3v) is 13.1. The van der Waals surface area contributed by atoms with Crippen LogP contribution in [-0.4, -0.2) is 0 Å². The summed E-state index contributed by atoms with van der Waals surface area (Å²) in [4.78, 5) is 4.79. The fourth-order valence-electron chi connectivity index (χ4n) is 8.73. The highest BCUT2D eigenvalue weighted by Crippen LogP contribution is 2.46. The highest BCUT2D eigenvalue weighted by Gasteiger charge is 2.20. The average molecular weight is 823 g/mol. The van der Waals surface area contributed by atoms with E-state index >= 15 is 0 Å². The second-order valence-electron chi connectivity index (χ2n) is 15.8. The number of anilines is 6. The third-order valence-electron chi connectivity index (χ3n) is 11.9. The summed E-state index contributed by atoms with van der Waals surface area (Å²) in [5.41, 5.74) is 16.1. The Balaban J connectivity index is 1.01. The van der Waals surface area contributed by atoms with Crippen LogP contribution in [0.15, 0.2) is 255 Å². The molecule has 0 amide bonds. The number of rotatable bonds is 10. The number of hydrogen-bond donors (Lipinski definition) is 0. The van der Waals surface area contributed by atoms with E-state index in [1.807, 2.05) is 11.3 Å². The minimum absolute atomic E-state index is 1.08. The van der Waals surface area contributed by atoms with Crippen molar-refractivity contribution < 1.29 is 0 Å². The van der Waals surface area contributed by atoms with Gasteiger partial charge in [-0.1, -0.05) is 182 Å². The maximum absolute atomic E-state index is 2.43. The van der Waals surface area contributed by atoms with Gasteiger partial charge >= 0.3 is 0 Å². The molecule has 0 fully saturated rings. The Morgan fingerprint density at radius 1 is 0.238 bits per heavy atom. The molecule has 0 aliphatic rings. The summed E-state index contributed by atoms with van der Waals surface area (Å²) in [6.07, 6.45) is 0. The molecule has 0 saturated heterocycles. The Morgan fingerprint density at radius 3 is 1.10 bits per heavy atom. The predicted octanol–water partition coefficient (Wildman–Crippen LogP) is 17.7. The molecular formula is C60H42N2S. The average Bonchev–Trinajstić information content (AvgIpc) is 3.75. The van der Waals surface area contributed by atoms with Crippen molar-refractivity contribution in [1.82, 2.24) is 0 Å². The summed E-state index contributed by atoms with van der Waals surface area (Å²) in [6, 6.07) is 92.0. The Hall–Kier alpha value is -7.98. The van der Waals surface area contributed by atoms with Gasteiger partial charge in [0.1, 0.15) is 0 Å². The number of fused-ring (bicyclic) bond motifs is 3. The lowest BCUT2D eigenvalue weighted by atomic mass is 10.0. The third kappa shape index (κ3) is 7.56. The van der Waals surface area contributed by atoms with Crippen LogP contribution in [0.2, 0.25) is 0 Å². The number of benzene rings is 10. The van der Waals surface area contributed by atoms with Gasteiger partial charge in [-0.3, -0.25) is 0 Å². The lowest BCUT2D eigenvalue weighted by Gasteiger charge is -2.27. The van der Waals surface area contributed by atoms with Gasteiger partial charge < -0.3 is 9.80 Å². The van der Waals surface area contributed by atoms with Gasteiger partial charge in [0.25, 0.3) is 0 Å². The molecule has 0 saturated carbocycles. The molecule has 63 heavy (non-hydrogen) atoms. The second-order valence-corrected chi connectivity index (χ2v) is 16.8. The highest BCUT2D eigenvalue weighted by molar-refractivity contribution is 7.26. The molecule has 298 valence electrons. The van der Waals surface area contributed by atoms with Crippen molar-refractivity contribution in [3.05, 3.63) is 255 Å². The van der Waals surface area contributed by atoms with Crippen LogP contribution in [0.4, 0.5) is 34.1 Å². The van der Waals surface area contributed by atoms with Crippen molar-refractivity contribution in [1.29, 1.82) is 0 Å². The van der Waals surface area contributed by atoms with Crippen LogP contribution < -0.4 is 9.80 Å². The van der Waals surface area contributed by atoms with Crippen molar-refractivity contribution in [3.63, 3.8) is 0 Å². The van der Waals surface area contributed by atoms with E-state index in [2.05, 4.69) is 265 Å².